The van der Waals surface area contributed by atoms with Crippen LogP contribution in [-0.4, -0.2) is 19.1 Å². The number of fused-ring (bicyclic) bond motifs is 4. The van der Waals surface area contributed by atoms with Crippen molar-refractivity contribution in [2.24, 2.45) is 0 Å². The van der Waals surface area contributed by atoms with E-state index in [4.69, 9.17) is 13.9 Å². The lowest BCUT2D eigenvalue weighted by Crippen LogP contribution is -2.31. The lowest BCUT2D eigenvalue weighted by atomic mass is 10.1. The second kappa shape index (κ2) is 6.06. The molecule has 0 saturated heterocycles. The van der Waals surface area contributed by atoms with Crippen molar-refractivity contribution in [2.45, 2.75) is 12.5 Å². The smallest absolute Gasteiger partial charge is 0.265 e. The Bertz CT molecular complexity index is 1150. The van der Waals surface area contributed by atoms with E-state index in [1.807, 2.05) is 54.6 Å². The van der Waals surface area contributed by atoms with Gasteiger partial charge in [-0.2, -0.15) is 0 Å². The predicted molar refractivity (Wildman–Crippen MR) is 103 cm³/mol. The standard InChI is InChI=1S/C22H17NO4/c1-25-20-11-15-14-7-3-5-9-18(14)27-19(15)12-16(20)23-22(24)21-10-13-6-2-4-8-17(13)26-21/h2-9,11-12,21H,10H2,1H3,(H,23,24). The van der Waals surface area contributed by atoms with Gasteiger partial charge in [0.05, 0.1) is 12.8 Å². The number of hydrogen-bond donors (Lipinski definition) is 1. The van der Waals surface area contributed by atoms with E-state index < -0.39 is 6.10 Å². The predicted octanol–water partition coefficient (Wildman–Crippen LogP) is 4.54. The number of methoxy groups -OCH3 is 1. The highest BCUT2D eigenvalue weighted by Gasteiger charge is 2.29. The molecule has 1 amide bonds. The third-order valence-electron chi connectivity index (χ3n) is 4.90. The fourth-order valence-electron chi connectivity index (χ4n) is 3.56. The van der Waals surface area contributed by atoms with Crippen LogP contribution in [0.2, 0.25) is 0 Å². The molecule has 1 atom stereocenters. The average molecular weight is 359 g/mol. The largest absolute Gasteiger partial charge is 0.495 e. The Morgan fingerprint density at radius 1 is 1.04 bits per heavy atom. The Kier molecular flexibility index (Phi) is 3.53. The third kappa shape index (κ3) is 2.59. The van der Waals surface area contributed by atoms with Crippen molar-refractivity contribution < 1.29 is 18.7 Å². The third-order valence-corrected chi connectivity index (χ3v) is 4.90. The van der Waals surface area contributed by atoms with Crippen molar-refractivity contribution in [2.75, 3.05) is 12.4 Å². The van der Waals surface area contributed by atoms with Gasteiger partial charge in [-0.25, -0.2) is 0 Å². The molecule has 4 aromatic rings. The number of anilines is 1. The van der Waals surface area contributed by atoms with E-state index in [2.05, 4.69) is 5.32 Å². The second-order valence-corrected chi connectivity index (χ2v) is 6.55. The minimum absolute atomic E-state index is 0.208. The zero-order chi connectivity index (χ0) is 18.4. The maximum absolute atomic E-state index is 12.7. The monoisotopic (exact) mass is 359 g/mol. The van der Waals surface area contributed by atoms with Gasteiger partial charge in [-0.1, -0.05) is 36.4 Å². The Morgan fingerprint density at radius 3 is 2.70 bits per heavy atom. The fraction of sp³-hybridized carbons (Fsp3) is 0.136. The zero-order valence-corrected chi connectivity index (χ0v) is 14.7. The Morgan fingerprint density at radius 2 is 1.85 bits per heavy atom. The summed E-state index contributed by atoms with van der Waals surface area (Å²) in [6, 6.07) is 19.2. The second-order valence-electron chi connectivity index (χ2n) is 6.55. The highest BCUT2D eigenvalue weighted by atomic mass is 16.5. The first kappa shape index (κ1) is 15.8. The van der Waals surface area contributed by atoms with Crippen LogP contribution in [0.15, 0.2) is 65.1 Å². The summed E-state index contributed by atoms with van der Waals surface area (Å²) < 4.78 is 17.2. The lowest BCUT2D eigenvalue weighted by molar-refractivity contribution is -0.122. The van der Waals surface area contributed by atoms with Crippen LogP contribution in [0.4, 0.5) is 5.69 Å². The first-order valence-corrected chi connectivity index (χ1v) is 8.77. The highest BCUT2D eigenvalue weighted by molar-refractivity contribution is 6.08. The molecule has 1 unspecified atom stereocenters. The van der Waals surface area contributed by atoms with Crippen molar-refractivity contribution in [3.8, 4) is 11.5 Å². The summed E-state index contributed by atoms with van der Waals surface area (Å²) in [5.74, 6) is 1.13. The molecule has 0 aliphatic carbocycles. The molecular formula is C22H17NO4. The number of carbonyl (C=O) groups is 1. The molecule has 1 aliphatic heterocycles. The summed E-state index contributed by atoms with van der Waals surface area (Å²) in [4.78, 5) is 12.7. The molecule has 0 bridgehead atoms. The van der Waals surface area contributed by atoms with E-state index in [9.17, 15) is 4.79 Å². The van der Waals surface area contributed by atoms with Crippen LogP contribution in [0.3, 0.4) is 0 Å². The fourth-order valence-corrected chi connectivity index (χ4v) is 3.56. The van der Waals surface area contributed by atoms with Gasteiger partial charge < -0.3 is 19.2 Å². The molecule has 1 N–H and O–H groups in total. The molecule has 2 heterocycles. The molecule has 0 radical (unpaired) electrons. The lowest BCUT2D eigenvalue weighted by Gasteiger charge is -2.14. The number of amides is 1. The number of carbonyl (C=O) groups excluding carboxylic acids is 1. The van der Waals surface area contributed by atoms with Gasteiger partial charge >= 0.3 is 0 Å². The summed E-state index contributed by atoms with van der Waals surface area (Å²) in [6.07, 6.45) is -0.00418. The number of para-hydroxylation sites is 2. The van der Waals surface area contributed by atoms with Crippen LogP contribution in [0.25, 0.3) is 21.9 Å². The van der Waals surface area contributed by atoms with Gasteiger partial charge in [0.15, 0.2) is 6.10 Å². The van der Waals surface area contributed by atoms with Gasteiger partial charge in [0.1, 0.15) is 22.7 Å². The minimum atomic E-state index is -0.557. The molecule has 1 aromatic heterocycles. The Balaban J connectivity index is 1.47. The van der Waals surface area contributed by atoms with Crippen molar-refractivity contribution in [1.29, 1.82) is 0 Å². The van der Waals surface area contributed by atoms with Crippen molar-refractivity contribution in [3.63, 3.8) is 0 Å². The first-order chi connectivity index (χ1) is 13.2. The van der Waals surface area contributed by atoms with E-state index in [0.29, 0.717) is 23.4 Å². The molecule has 5 nitrogen and oxygen atoms in total. The Labute approximate surface area is 155 Å². The molecule has 0 saturated carbocycles. The molecule has 134 valence electrons. The molecule has 27 heavy (non-hydrogen) atoms. The van der Waals surface area contributed by atoms with E-state index >= 15 is 0 Å². The quantitative estimate of drug-likeness (QED) is 0.583. The topological polar surface area (TPSA) is 60.7 Å². The van der Waals surface area contributed by atoms with Crippen molar-refractivity contribution in [3.05, 3.63) is 66.2 Å². The SMILES string of the molecule is COc1cc2c(cc1NC(=O)C1Cc3ccccc3O1)oc1ccccc12. The van der Waals surface area contributed by atoms with E-state index in [1.54, 1.807) is 13.2 Å². The van der Waals surface area contributed by atoms with Crippen LogP contribution >= 0.6 is 0 Å². The van der Waals surface area contributed by atoms with Crippen LogP contribution < -0.4 is 14.8 Å². The van der Waals surface area contributed by atoms with Crippen LogP contribution in [0, 0.1) is 0 Å². The maximum atomic E-state index is 12.7. The van der Waals surface area contributed by atoms with E-state index in [1.165, 1.54) is 0 Å². The van der Waals surface area contributed by atoms with Gasteiger partial charge in [-0.05, 0) is 23.8 Å². The van der Waals surface area contributed by atoms with Crippen molar-refractivity contribution >= 4 is 33.5 Å². The number of ether oxygens (including phenoxy) is 2. The number of rotatable bonds is 3. The van der Waals surface area contributed by atoms with E-state index in [0.717, 1.165) is 27.7 Å². The molecule has 0 spiro atoms. The molecule has 3 aromatic carbocycles. The minimum Gasteiger partial charge on any atom is -0.495 e. The van der Waals surface area contributed by atoms with Crippen LogP contribution in [0.5, 0.6) is 11.5 Å². The first-order valence-electron chi connectivity index (χ1n) is 8.77. The maximum Gasteiger partial charge on any atom is 0.265 e. The van der Waals surface area contributed by atoms with Gasteiger partial charge in [-0.3, -0.25) is 4.79 Å². The molecular weight excluding hydrogens is 342 g/mol. The molecule has 1 aliphatic rings. The Hall–Kier alpha value is -3.47. The van der Waals surface area contributed by atoms with Gasteiger partial charge in [0.2, 0.25) is 0 Å². The summed E-state index contributed by atoms with van der Waals surface area (Å²) in [6.45, 7) is 0. The van der Waals surface area contributed by atoms with Crippen LogP contribution in [-0.2, 0) is 11.2 Å². The molecule has 5 heteroatoms. The number of furan rings is 1. The van der Waals surface area contributed by atoms with E-state index in [-0.39, 0.29) is 5.91 Å². The number of hydrogen-bond acceptors (Lipinski definition) is 4. The summed E-state index contributed by atoms with van der Waals surface area (Å²) in [7, 11) is 1.58. The highest BCUT2D eigenvalue weighted by Crippen LogP contribution is 2.37. The zero-order valence-electron chi connectivity index (χ0n) is 14.7. The normalized spacial score (nSPS) is 15.5. The van der Waals surface area contributed by atoms with Gasteiger partial charge in [0.25, 0.3) is 5.91 Å². The van der Waals surface area contributed by atoms with Crippen LogP contribution in [0.1, 0.15) is 5.56 Å². The number of benzene rings is 3. The molecule has 0 fully saturated rings. The summed E-state index contributed by atoms with van der Waals surface area (Å²) in [5, 5.41) is 4.89. The van der Waals surface area contributed by atoms with Gasteiger partial charge in [0, 0.05) is 23.3 Å². The molecule has 5 rings (SSSR count). The average Bonchev–Trinajstić information content (AvgIpc) is 3.28. The number of nitrogens with one attached hydrogen (secondary N) is 1. The summed E-state index contributed by atoms with van der Waals surface area (Å²) in [5.41, 5.74) is 3.10. The summed E-state index contributed by atoms with van der Waals surface area (Å²) >= 11 is 0. The van der Waals surface area contributed by atoms with Gasteiger partial charge in [-0.15, -0.1) is 0 Å². The van der Waals surface area contributed by atoms with Crippen molar-refractivity contribution in [1.82, 2.24) is 0 Å².